The highest BCUT2D eigenvalue weighted by atomic mass is 127. The van der Waals surface area contributed by atoms with Crippen LogP contribution in [0.15, 0.2) is 23.3 Å². The Morgan fingerprint density at radius 1 is 1.21 bits per heavy atom. The van der Waals surface area contributed by atoms with Crippen LogP contribution in [-0.2, 0) is 6.54 Å². The topological polar surface area (TPSA) is 53.0 Å². The summed E-state index contributed by atoms with van der Waals surface area (Å²) in [7, 11) is 1.88. The maximum absolute atomic E-state index is 5.80. The molecule has 1 N–H and O–H groups in total. The number of rotatable bonds is 7. The quantitative estimate of drug-likeness (QED) is 0.355. The number of hydrogen-bond donors (Lipinski definition) is 1. The van der Waals surface area contributed by atoms with Crippen LogP contribution in [0.25, 0.3) is 0 Å². The minimum Gasteiger partial charge on any atom is -0.477 e. The van der Waals surface area contributed by atoms with E-state index in [2.05, 4.69) is 25.1 Å². The lowest BCUT2D eigenvalue weighted by molar-refractivity contribution is 0.281. The number of hydrogen-bond acceptors (Lipinski definition) is 4. The van der Waals surface area contributed by atoms with Gasteiger partial charge >= 0.3 is 0 Å². The van der Waals surface area contributed by atoms with Gasteiger partial charge in [0.2, 0.25) is 5.88 Å². The van der Waals surface area contributed by atoms with E-state index in [0.29, 0.717) is 0 Å². The van der Waals surface area contributed by atoms with Gasteiger partial charge in [-0.15, -0.1) is 24.0 Å². The average Bonchev–Trinajstić information content (AvgIpc) is 3.16. The van der Waals surface area contributed by atoms with Crippen molar-refractivity contribution in [3.05, 3.63) is 23.9 Å². The second kappa shape index (κ2) is 10.6. The predicted octanol–water partition coefficient (Wildman–Crippen LogP) is 2.98. The molecule has 1 aromatic rings. The molecule has 6 nitrogen and oxygen atoms in total. The van der Waals surface area contributed by atoms with Gasteiger partial charge in [0, 0.05) is 45.5 Å². The molecule has 3 heterocycles. The molecule has 0 spiro atoms. The summed E-state index contributed by atoms with van der Waals surface area (Å²) < 4.78 is 5.80. The van der Waals surface area contributed by atoms with Crippen molar-refractivity contribution >= 4 is 29.9 Å². The third-order valence-electron chi connectivity index (χ3n) is 5.93. The van der Waals surface area contributed by atoms with E-state index in [-0.39, 0.29) is 24.0 Å². The van der Waals surface area contributed by atoms with E-state index in [0.717, 1.165) is 49.9 Å². The zero-order valence-electron chi connectivity index (χ0n) is 17.0. The summed E-state index contributed by atoms with van der Waals surface area (Å²) in [5, 5.41) is 3.53. The molecule has 156 valence electrons. The van der Waals surface area contributed by atoms with E-state index >= 15 is 0 Å². The maximum Gasteiger partial charge on any atom is 0.213 e. The number of ether oxygens (including phenoxy) is 1. The van der Waals surface area contributed by atoms with Gasteiger partial charge in [0.25, 0.3) is 0 Å². The monoisotopic (exact) mass is 499 g/mol. The fraction of sp³-hybridized carbons (Fsp3) is 0.714. The van der Waals surface area contributed by atoms with E-state index in [1.807, 2.05) is 25.4 Å². The van der Waals surface area contributed by atoms with E-state index in [9.17, 15) is 0 Å². The number of aliphatic imine (C=N–C) groups is 1. The van der Waals surface area contributed by atoms with Gasteiger partial charge in [-0.3, -0.25) is 4.99 Å². The summed E-state index contributed by atoms with van der Waals surface area (Å²) in [5.74, 6) is 3.26. The van der Waals surface area contributed by atoms with Crippen molar-refractivity contribution in [3.8, 4) is 5.88 Å². The summed E-state index contributed by atoms with van der Waals surface area (Å²) >= 11 is 0. The van der Waals surface area contributed by atoms with Gasteiger partial charge in [-0.05, 0) is 68.7 Å². The van der Waals surface area contributed by atoms with Gasteiger partial charge in [0.1, 0.15) is 0 Å². The molecule has 1 atom stereocenters. The third kappa shape index (κ3) is 6.20. The van der Waals surface area contributed by atoms with Gasteiger partial charge in [-0.2, -0.15) is 0 Å². The van der Waals surface area contributed by atoms with Crippen molar-refractivity contribution in [3.63, 3.8) is 0 Å². The summed E-state index contributed by atoms with van der Waals surface area (Å²) in [6.45, 7) is 7.60. The number of guanidine groups is 1. The second-order valence-electron chi connectivity index (χ2n) is 8.27. The summed E-state index contributed by atoms with van der Waals surface area (Å²) in [4.78, 5) is 13.9. The van der Waals surface area contributed by atoms with E-state index in [1.165, 1.54) is 57.3 Å². The number of aromatic nitrogens is 1. The molecular weight excluding hydrogens is 465 g/mol. The molecule has 4 rings (SSSR count). The molecule has 2 saturated heterocycles. The molecule has 7 heteroatoms. The fourth-order valence-corrected chi connectivity index (χ4v) is 4.14. The van der Waals surface area contributed by atoms with E-state index in [4.69, 9.17) is 4.74 Å². The molecule has 1 saturated carbocycles. The zero-order chi connectivity index (χ0) is 18.5. The van der Waals surface area contributed by atoms with Crippen molar-refractivity contribution in [2.45, 2.75) is 38.6 Å². The molecule has 0 bridgehead atoms. The first-order valence-electron chi connectivity index (χ1n) is 10.6. The van der Waals surface area contributed by atoms with E-state index in [1.54, 1.807) is 0 Å². The molecule has 3 aliphatic rings. The second-order valence-corrected chi connectivity index (χ2v) is 8.27. The number of pyridine rings is 1. The number of likely N-dealkylation sites (tertiary alicyclic amines) is 2. The first-order chi connectivity index (χ1) is 13.3. The van der Waals surface area contributed by atoms with Crippen LogP contribution < -0.4 is 10.1 Å². The van der Waals surface area contributed by atoms with Crippen LogP contribution >= 0.6 is 24.0 Å². The molecule has 2 aliphatic heterocycles. The van der Waals surface area contributed by atoms with Gasteiger partial charge in [0.15, 0.2) is 5.96 Å². The van der Waals surface area contributed by atoms with Crippen LogP contribution in [-0.4, -0.2) is 67.1 Å². The molecule has 1 unspecified atom stereocenters. The number of nitrogens with one attached hydrogen (secondary N) is 1. The van der Waals surface area contributed by atoms with Crippen molar-refractivity contribution in [1.29, 1.82) is 0 Å². The van der Waals surface area contributed by atoms with Gasteiger partial charge in [-0.25, -0.2) is 4.98 Å². The Morgan fingerprint density at radius 2 is 2.04 bits per heavy atom. The Balaban J connectivity index is 0.00000225. The highest BCUT2D eigenvalue weighted by molar-refractivity contribution is 14.0. The van der Waals surface area contributed by atoms with Crippen molar-refractivity contribution in [2.24, 2.45) is 16.8 Å². The maximum atomic E-state index is 5.80. The average molecular weight is 499 g/mol. The fourth-order valence-electron chi connectivity index (χ4n) is 4.14. The first-order valence-corrected chi connectivity index (χ1v) is 10.6. The van der Waals surface area contributed by atoms with Crippen LogP contribution in [0.5, 0.6) is 5.88 Å². The van der Waals surface area contributed by atoms with Gasteiger partial charge in [0.05, 0.1) is 6.61 Å². The summed E-state index contributed by atoms with van der Waals surface area (Å²) in [6.07, 6.45) is 8.45. The van der Waals surface area contributed by atoms with Crippen LogP contribution in [0.1, 0.15) is 37.7 Å². The summed E-state index contributed by atoms with van der Waals surface area (Å²) in [5.41, 5.74) is 1.18. The Labute approximate surface area is 186 Å². The lowest BCUT2D eigenvalue weighted by Crippen LogP contribution is -2.40. The molecular formula is C21H34IN5O. The SMILES string of the molecule is CN=C(NCc1ccnc(OCC2CC2)c1)N1CCC(CN2CCCC2)C1.I. The predicted molar refractivity (Wildman–Crippen MR) is 123 cm³/mol. The lowest BCUT2D eigenvalue weighted by Gasteiger charge is -2.23. The Kier molecular flexibility index (Phi) is 8.20. The van der Waals surface area contributed by atoms with Crippen molar-refractivity contribution in [1.82, 2.24) is 20.1 Å². The molecule has 0 radical (unpaired) electrons. The van der Waals surface area contributed by atoms with Crippen molar-refractivity contribution < 1.29 is 4.74 Å². The largest absolute Gasteiger partial charge is 0.477 e. The van der Waals surface area contributed by atoms with Crippen LogP contribution in [0.3, 0.4) is 0 Å². The Morgan fingerprint density at radius 3 is 2.79 bits per heavy atom. The van der Waals surface area contributed by atoms with Crippen LogP contribution in [0.4, 0.5) is 0 Å². The normalized spacial score (nSPS) is 23.0. The van der Waals surface area contributed by atoms with Crippen molar-refractivity contribution in [2.75, 3.05) is 46.4 Å². The Bertz CT molecular complexity index is 645. The van der Waals surface area contributed by atoms with E-state index < -0.39 is 0 Å². The molecule has 1 aromatic heterocycles. The third-order valence-corrected chi connectivity index (χ3v) is 5.93. The van der Waals surface area contributed by atoms with Crippen LogP contribution in [0.2, 0.25) is 0 Å². The van der Waals surface area contributed by atoms with Gasteiger partial charge in [-0.1, -0.05) is 0 Å². The summed E-state index contributed by atoms with van der Waals surface area (Å²) in [6, 6.07) is 4.09. The van der Waals surface area contributed by atoms with Crippen LogP contribution in [0, 0.1) is 11.8 Å². The minimum atomic E-state index is 0. The molecule has 0 aromatic carbocycles. The minimum absolute atomic E-state index is 0. The highest BCUT2D eigenvalue weighted by Gasteiger charge is 2.27. The molecule has 3 fully saturated rings. The lowest BCUT2D eigenvalue weighted by atomic mass is 10.1. The number of nitrogens with zero attached hydrogens (tertiary/aromatic N) is 4. The molecule has 28 heavy (non-hydrogen) atoms. The van der Waals surface area contributed by atoms with Gasteiger partial charge < -0.3 is 19.9 Å². The highest BCUT2D eigenvalue weighted by Crippen LogP contribution is 2.29. The first kappa shape index (κ1) is 21.6. The molecule has 0 amide bonds. The number of halogens is 1. The molecule has 1 aliphatic carbocycles. The Hall–Kier alpha value is -1.09. The standard InChI is InChI=1S/C21H33N5O.HI/c1-22-21(26-11-7-19(15-26)14-25-9-2-3-10-25)24-13-18-6-8-23-20(12-18)27-16-17-4-5-17;/h6,8,12,17,19H,2-5,7,9-11,13-16H2,1H3,(H,22,24);1H. The smallest absolute Gasteiger partial charge is 0.213 e. The zero-order valence-corrected chi connectivity index (χ0v) is 19.3.